The zero-order chi connectivity index (χ0) is 17.4. The Morgan fingerprint density at radius 3 is 2.35 bits per heavy atom. The summed E-state index contributed by atoms with van der Waals surface area (Å²) < 4.78 is 65.9. The molecule has 23 heavy (non-hydrogen) atoms. The Hall–Kier alpha value is -2.55. The smallest absolute Gasteiger partial charge is 0.335 e. The maximum Gasteiger partial charge on any atom is 0.335 e. The second kappa shape index (κ2) is 5.92. The van der Waals surface area contributed by atoms with Crippen molar-refractivity contribution < 1.29 is 31.5 Å². The fourth-order valence-electron chi connectivity index (χ4n) is 1.83. The van der Waals surface area contributed by atoms with Crippen LogP contribution in [0.1, 0.15) is 15.9 Å². The normalized spacial score (nSPS) is 11.3. The van der Waals surface area contributed by atoms with Crippen molar-refractivity contribution in [2.45, 2.75) is 11.8 Å². The molecule has 0 unspecified atom stereocenters. The molecule has 2 aromatic carbocycles. The molecule has 0 spiro atoms. The van der Waals surface area contributed by atoms with Crippen LogP contribution in [0.4, 0.5) is 18.9 Å². The number of carboxylic acids is 1. The van der Waals surface area contributed by atoms with Gasteiger partial charge in [0.15, 0.2) is 17.5 Å². The molecule has 9 heteroatoms. The van der Waals surface area contributed by atoms with Gasteiger partial charge in [-0.25, -0.2) is 26.4 Å². The number of sulfonamides is 1. The largest absolute Gasteiger partial charge is 0.478 e. The first-order valence-electron chi connectivity index (χ1n) is 6.13. The van der Waals surface area contributed by atoms with Gasteiger partial charge in [-0.05, 0) is 36.8 Å². The maximum absolute atomic E-state index is 13.6. The van der Waals surface area contributed by atoms with E-state index < -0.39 is 44.0 Å². The van der Waals surface area contributed by atoms with Crippen molar-refractivity contribution in [1.29, 1.82) is 0 Å². The summed E-state index contributed by atoms with van der Waals surface area (Å²) in [7, 11) is -4.39. The molecule has 0 aromatic heterocycles. The van der Waals surface area contributed by atoms with Crippen molar-refractivity contribution in [1.82, 2.24) is 0 Å². The highest BCUT2D eigenvalue weighted by Gasteiger charge is 2.22. The van der Waals surface area contributed by atoms with Gasteiger partial charge < -0.3 is 5.11 Å². The topological polar surface area (TPSA) is 83.5 Å². The molecule has 0 saturated heterocycles. The zero-order valence-electron chi connectivity index (χ0n) is 11.6. The number of benzene rings is 2. The number of nitrogens with one attached hydrogen (secondary N) is 1. The quantitative estimate of drug-likeness (QED) is 0.835. The van der Waals surface area contributed by atoms with Gasteiger partial charge in [0.2, 0.25) is 0 Å². The molecular weight excluding hydrogens is 335 g/mol. The van der Waals surface area contributed by atoms with Gasteiger partial charge in [0.1, 0.15) is 0 Å². The first-order chi connectivity index (χ1) is 10.6. The Bertz CT molecular complexity index is 897. The zero-order valence-corrected chi connectivity index (χ0v) is 12.4. The van der Waals surface area contributed by atoms with Crippen molar-refractivity contribution in [3.05, 3.63) is 58.9 Å². The van der Waals surface area contributed by atoms with Crippen molar-refractivity contribution in [3.63, 3.8) is 0 Å². The Morgan fingerprint density at radius 1 is 1.09 bits per heavy atom. The number of hydrogen-bond acceptors (Lipinski definition) is 3. The van der Waals surface area contributed by atoms with E-state index in [-0.39, 0.29) is 11.1 Å². The van der Waals surface area contributed by atoms with Gasteiger partial charge in [-0.1, -0.05) is 6.07 Å². The molecule has 0 aliphatic carbocycles. The highest BCUT2D eigenvalue weighted by Crippen LogP contribution is 2.24. The van der Waals surface area contributed by atoms with E-state index in [4.69, 9.17) is 5.11 Å². The molecule has 0 heterocycles. The number of rotatable bonds is 4. The van der Waals surface area contributed by atoms with Crippen LogP contribution in [0.25, 0.3) is 0 Å². The van der Waals surface area contributed by atoms with Crippen LogP contribution in [0.2, 0.25) is 0 Å². The molecule has 0 bridgehead atoms. The van der Waals surface area contributed by atoms with E-state index in [0.717, 1.165) is 12.1 Å². The fraction of sp³-hybridized carbons (Fsp3) is 0.0714. The van der Waals surface area contributed by atoms with E-state index in [0.29, 0.717) is 6.07 Å². The molecule has 2 rings (SSSR count). The third-order valence-corrected chi connectivity index (χ3v) is 4.51. The van der Waals surface area contributed by atoms with Crippen LogP contribution in [0.5, 0.6) is 0 Å². The summed E-state index contributed by atoms with van der Waals surface area (Å²) in [5, 5.41) is 8.90. The summed E-state index contributed by atoms with van der Waals surface area (Å²) in [5.41, 5.74) is -0.878. The summed E-state index contributed by atoms with van der Waals surface area (Å²) in [6.07, 6.45) is 0. The van der Waals surface area contributed by atoms with E-state index in [1.165, 1.54) is 19.1 Å². The van der Waals surface area contributed by atoms with Crippen LogP contribution in [0.15, 0.2) is 35.2 Å². The van der Waals surface area contributed by atoms with Gasteiger partial charge in [-0.15, -0.1) is 0 Å². The van der Waals surface area contributed by atoms with Crippen LogP contribution >= 0.6 is 0 Å². The second-order valence-corrected chi connectivity index (χ2v) is 6.26. The lowest BCUT2D eigenvalue weighted by Gasteiger charge is -2.12. The standard InChI is InChI=1S/C14H10F3NO4S/c1-7-2-3-8(14(19)20)6-11(7)23(21,22)18-10-5-4-9(15)12(16)13(10)17/h2-6,18H,1H3,(H,19,20). The van der Waals surface area contributed by atoms with Crippen molar-refractivity contribution >= 4 is 21.7 Å². The Kier molecular flexibility index (Phi) is 4.33. The highest BCUT2D eigenvalue weighted by molar-refractivity contribution is 7.92. The minimum atomic E-state index is -4.39. The van der Waals surface area contributed by atoms with Crippen LogP contribution in [0.3, 0.4) is 0 Å². The van der Waals surface area contributed by atoms with Gasteiger partial charge in [-0.2, -0.15) is 0 Å². The van der Waals surface area contributed by atoms with E-state index in [1.54, 1.807) is 4.72 Å². The number of aromatic carboxylic acids is 1. The number of carboxylic acid groups (broad SMARTS) is 1. The summed E-state index contributed by atoms with van der Waals surface area (Å²) in [4.78, 5) is 10.5. The number of anilines is 1. The molecule has 0 aliphatic rings. The van der Waals surface area contributed by atoms with Gasteiger partial charge in [-0.3, -0.25) is 4.72 Å². The predicted octanol–water partition coefficient (Wildman–Crippen LogP) is 2.91. The summed E-state index contributed by atoms with van der Waals surface area (Å²) in [6.45, 7) is 1.40. The van der Waals surface area contributed by atoms with E-state index in [9.17, 15) is 26.4 Å². The predicted molar refractivity (Wildman–Crippen MR) is 75.3 cm³/mol. The Morgan fingerprint density at radius 2 is 1.74 bits per heavy atom. The van der Waals surface area contributed by atoms with Gasteiger partial charge >= 0.3 is 5.97 Å². The van der Waals surface area contributed by atoms with Crippen molar-refractivity contribution in [2.75, 3.05) is 4.72 Å². The molecule has 2 N–H and O–H groups in total. The van der Waals surface area contributed by atoms with Crippen molar-refractivity contribution in [3.8, 4) is 0 Å². The van der Waals surface area contributed by atoms with Gasteiger partial charge in [0.25, 0.3) is 10.0 Å². The fourth-order valence-corrected chi connectivity index (χ4v) is 3.16. The van der Waals surface area contributed by atoms with E-state index in [1.807, 2.05) is 0 Å². The molecule has 0 saturated carbocycles. The van der Waals surface area contributed by atoms with Crippen LogP contribution in [-0.2, 0) is 10.0 Å². The molecule has 0 aliphatic heterocycles. The van der Waals surface area contributed by atoms with E-state index >= 15 is 0 Å². The Labute approximate surface area is 129 Å². The average Bonchev–Trinajstić information content (AvgIpc) is 2.48. The van der Waals surface area contributed by atoms with Gasteiger partial charge in [0.05, 0.1) is 16.1 Å². The maximum atomic E-state index is 13.6. The molecule has 122 valence electrons. The molecule has 0 amide bonds. The summed E-state index contributed by atoms with van der Waals surface area (Å²) in [6, 6.07) is 4.64. The first kappa shape index (κ1) is 16.8. The molecule has 0 radical (unpaired) electrons. The molecule has 5 nitrogen and oxygen atoms in total. The van der Waals surface area contributed by atoms with E-state index in [2.05, 4.69) is 0 Å². The minimum Gasteiger partial charge on any atom is -0.478 e. The highest BCUT2D eigenvalue weighted by atomic mass is 32.2. The summed E-state index contributed by atoms with van der Waals surface area (Å²) in [5.74, 6) is -6.32. The third-order valence-electron chi connectivity index (χ3n) is 3.00. The number of halogens is 3. The van der Waals surface area contributed by atoms with Crippen molar-refractivity contribution in [2.24, 2.45) is 0 Å². The lowest BCUT2D eigenvalue weighted by molar-refractivity contribution is 0.0696. The van der Waals surface area contributed by atoms with Crippen LogP contribution in [-0.4, -0.2) is 19.5 Å². The molecule has 0 fully saturated rings. The van der Waals surface area contributed by atoms with Crippen LogP contribution < -0.4 is 4.72 Å². The monoisotopic (exact) mass is 345 g/mol. The minimum absolute atomic E-state index is 0.200. The second-order valence-electron chi connectivity index (χ2n) is 4.61. The lowest BCUT2D eigenvalue weighted by Crippen LogP contribution is -2.16. The molecule has 0 atom stereocenters. The number of hydrogen-bond donors (Lipinski definition) is 2. The molecular formula is C14H10F3NO4S. The first-order valence-corrected chi connectivity index (χ1v) is 7.62. The van der Waals surface area contributed by atoms with Gasteiger partial charge in [0, 0.05) is 0 Å². The average molecular weight is 345 g/mol. The number of carbonyl (C=O) groups is 1. The lowest BCUT2D eigenvalue weighted by atomic mass is 10.1. The SMILES string of the molecule is Cc1ccc(C(=O)O)cc1S(=O)(=O)Nc1ccc(F)c(F)c1F. The Balaban J connectivity index is 2.50. The number of aryl methyl sites for hydroxylation is 1. The summed E-state index contributed by atoms with van der Waals surface area (Å²) >= 11 is 0. The molecule has 2 aromatic rings. The third kappa shape index (κ3) is 3.29. The van der Waals surface area contributed by atoms with Crippen LogP contribution in [0, 0.1) is 24.4 Å².